The Morgan fingerprint density at radius 3 is 2.73 bits per heavy atom. The van der Waals surface area contributed by atoms with Gasteiger partial charge in [0.1, 0.15) is 16.8 Å². The first-order chi connectivity index (χ1) is 10.8. The van der Waals surface area contributed by atoms with Crippen LogP contribution >= 0.6 is 11.3 Å². The molecule has 0 saturated heterocycles. The van der Waals surface area contributed by atoms with Crippen molar-refractivity contribution < 1.29 is 4.74 Å². The van der Waals surface area contributed by atoms with Crippen molar-refractivity contribution in [1.82, 2.24) is 9.55 Å². The van der Waals surface area contributed by atoms with E-state index in [0.717, 1.165) is 15.8 Å². The van der Waals surface area contributed by atoms with Crippen LogP contribution in [0.15, 0.2) is 58.8 Å². The molecule has 22 heavy (non-hydrogen) atoms. The Labute approximate surface area is 130 Å². The predicted octanol–water partition coefficient (Wildman–Crippen LogP) is 3.61. The first kappa shape index (κ1) is 13.0. The minimum atomic E-state index is -0.106. The number of pyridine rings is 2. The molecule has 0 aliphatic carbocycles. The van der Waals surface area contributed by atoms with Gasteiger partial charge in [-0.3, -0.25) is 9.36 Å². The van der Waals surface area contributed by atoms with E-state index >= 15 is 0 Å². The van der Waals surface area contributed by atoms with Gasteiger partial charge in [-0.2, -0.15) is 0 Å². The Bertz CT molecular complexity index is 1040. The number of aromatic nitrogens is 2. The molecule has 5 heteroatoms. The van der Waals surface area contributed by atoms with Crippen molar-refractivity contribution in [1.29, 1.82) is 0 Å². The molecule has 0 N–H and O–H groups in total. The van der Waals surface area contributed by atoms with Gasteiger partial charge >= 0.3 is 0 Å². The number of fused-ring (bicyclic) bond motifs is 3. The van der Waals surface area contributed by atoms with Crippen molar-refractivity contribution in [2.75, 3.05) is 7.11 Å². The van der Waals surface area contributed by atoms with Crippen LogP contribution in [0, 0.1) is 0 Å². The lowest BCUT2D eigenvalue weighted by molar-refractivity contribution is 0.421. The molecule has 3 heterocycles. The zero-order valence-electron chi connectivity index (χ0n) is 11.8. The molecular formula is C17H12N2O2S. The molecule has 3 aromatic heterocycles. The number of hydrogen-bond acceptors (Lipinski definition) is 4. The fourth-order valence-corrected chi connectivity index (χ4v) is 3.70. The molecule has 1 aromatic carbocycles. The monoisotopic (exact) mass is 308 g/mol. The summed E-state index contributed by atoms with van der Waals surface area (Å²) in [5, 5.41) is 3.43. The molecular weight excluding hydrogens is 296 g/mol. The van der Waals surface area contributed by atoms with E-state index in [1.165, 1.54) is 11.3 Å². The van der Waals surface area contributed by atoms with Crippen molar-refractivity contribution in [2.24, 2.45) is 0 Å². The van der Waals surface area contributed by atoms with Gasteiger partial charge in [-0.25, -0.2) is 4.98 Å². The number of hydrogen-bond donors (Lipinski definition) is 0. The fourth-order valence-electron chi connectivity index (χ4n) is 2.67. The minimum Gasteiger partial charge on any atom is -0.495 e. The smallest absolute Gasteiger partial charge is 0.269 e. The Morgan fingerprint density at radius 2 is 1.95 bits per heavy atom. The summed E-state index contributed by atoms with van der Waals surface area (Å²) in [6, 6.07) is 13.4. The van der Waals surface area contributed by atoms with Crippen molar-refractivity contribution in [3.63, 3.8) is 0 Å². The molecule has 4 nitrogen and oxygen atoms in total. The minimum absolute atomic E-state index is 0.106. The summed E-state index contributed by atoms with van der Waals surface area (Å²) in [5.74, 6) is 0.612. The second-order valence-electron chi connectivity index (χ2n) is 4.86. The number of rotatable bonds is 2. The molecule has 0 atom stereocenters. The summed E-state index contributed by atoms with van der Waals surface area (Å²) < 4.78 is 7.92. The van der Waals surface area contributed by atoms with Gasteiger partial charge in [-0.15, -0.1) is 11.3 Å². The highest BCUT2D eigenvalue weighted by Gasteiger charge is 2.17. The molecule has 0 aliphatic rings. The molecule has 0 aliphatic heterocycles. The molecule has 0 fully saturated rings. The summed E-state index contributed by atoms with van der Waals surface area (Å²) in [6.45, 7) is 0. The van der Waals surface area contributed by atoms with Crippen LogP contribution in [0.2, 0.25) is 0 Å². The molecule has 4 rings (SSSR count). The maximum Gasteiger partial charge on any atom is 0.269 e. The fraction of sp³-hybridized carbons (Fsp3) is 0.0588. The molecule has 108 valence electrons. The average Bonchev–Trinajstić information content (AvgIpc) is 3.01. The Morgan fingerprint density at radius 1 is 1.14 bits per heavy atom. The van der Waals surface area contributed by atoms with E-state index < -0.39 is 0 Å². The highest BCUT2D eigenvalue weighted by molar-refractivity contribution is 7.18. The molecule has 0 amide bonds. The van der Waals surface area contributed by atoms with Crippen LogP contribution in [0.25, 0.3) is 26.8 Å². The largest absolute Gasteiger partial charge is 0.495 e. The molecule has 0 spiro atoms. The van der Waals surface area contributed by atoms with Crippen LogP contribution in [0.4, 0.5) is 0 Å². The number of thiophene rings is 1. The van der Waals surface area contributed by atoms with E-state index in [2.05, 4.69) is 4.98 Å². The van der Waals surface area contributed by atoms with Gasteiger partial charge in [0.15, 0.2) is 0 Å². The maximum absolute atomic E-state index is 13.0. The summed E-state index contributed by atoms with van der Waals surface area (Å²) in [6.07, 6.45) is 1.71. The van der Waals surface area contributed by atoms with Gasteiger partial charge in [0.05, 0.1) is 17.5 Å². The lowest BCUT2D eigenvalue weighted by Gasteiger charge is -2.10. The Kier molecular flexibility index (Phi) is 2.94. The number of benzene rings is 1. The van der Waals surface area contributed by atoms with Gasteiger partial charge in [0, 0.05) is 17.0 Å². The van der Waals surface area contributed by atoms with Crippen molar-refractivity contribution in [2.45, 2.75) is 0 Å². The van der Waals surface area contributed by atoms with Crippen molar-refractivity contribution >= 4 is 32.5 Å². The number of para-hydroxylation sites is 1. The van der Waals surface area contributed by atoms with E-state index in [9.17, 15) is 4.79 Å². The van der Waals surface area contributed by atoms with E-state index in [-0.39, 0.29) is 5.56 Å². The van der Waals surface area contributed by atoms with Gasteiger partial charge in [0.25, 0.3) is 5.56 Å². The summed E-state index contributed by atoms with van der Waals surface area (Å²) in [7, 11) is 1.58. The van der Waals surface area contributed by atoms with Gasteiger partial charge < -0.3 is 4.74 Å². The lowest BCUT2D eigenvalue weighted by atomic mass is 10.2. The SMILES string of the molecule is COc1csc2c1c(=O)n(-c1ccccc1)c1ncccc21. The van der Waals surface area contributed by atoms with E-state index in [0.29, 0.717) is 16.8 Å². The highest BCUT2D eigenvalue weighted by atomic mass is 32.1. The second-order valence-corrected chi connectivity index (χ2v) is 5.74. The molecule has 0 saturated carbocycles. The maximum atomic E-state index is 13.0. The van der Waals surface area contributed by atoms with E-state index in [4.69, 9.17) is 4.74 Å². The van der Waals surface area contributed by atoms with Gasteiger partial charge in [0.2, 0.25) is 0 Å². The standard InChI is InChI=1S/C17H12N2O2S/c1-21-13-10-22-15-12-8-5-9-18-16(12)19(17(20)14(13)15)11-6-3-2-4-7-11/h2-10H,1H3. The van der Waals surface area contributed by atoms with Crippen LogP contribution < -0.4 is 10.3 Å². The Hall–Kier alpha value is -2.66. The average molecular weight is 308 g/mol. The van der Waals surface area contributed by atoms with E-state index in [1.807, 2.05) is 47.8 Å². The number of nitrogens with zero attached hydrogens (tertiary/aromatic N) is 2. The highest BCUT2D eigenvalue weighted by Crippen LogP contribution is 2.34. The Balaban J connectivity index is 2.27. The van der Waals surface area contributed by atoms with Crippen LogP contribution in [-0.2, 0) is 0 Å². The van der Waals surface area contributed by atoms with Crippen molar-refractivity contribution in [3.05, 3.63) is 64.4 Å². The molecule has 0 radical (unpaired) electrons. The number of ether oxygens (including phenoxy) is 1. The van der Waals surface area contributed by atoms with Crippen LogP contribution in [0.3, 0.4) is 0 Å². The third-order valence-electron chi connectivity index (χ3n) is 3.65. The quantitative estimate of drug-likeness (QED) is 0.568. The third kappa shape index (κ3) is 1.76. The number of methoxy groups -OCH3 is 1. The van der Waals surface area contributed by atoms with Crippen molar-refractivity contribution in [3.8, 4) is 11.4 Å². The summed E-state index contributed by atoms with van der Waals surface area (Å²) in [5.41, 5.74) is 1.35. The molecule has 0 bridgehead atoms. The predicted molar refractivity (Wildman–Crippen MR) is 89.3 cm³/mol. The first-order valence-corrected chi connectivity index (χ1v) is 7.69. The van der Waals surface area contributed by atoms with E-state index in [1.54, 1.807) is 17.9 Å². The van der Waals surface area contributed by atoms with Crippen LogP contribution in [0.1, 0.15) is 0 Å². The van der Waals surface area contributed by atoms with Gasteiger partial charge in [-0.1, -0.05) is 18.2 Å². The molecule has 4 aromatic rings. The van der Waals surface area contributed by atoms with Gasteiger partial charge in [-0.05, 0) is 24.3 Å². The zero-order valence-corrected chi connectivity index (χ0v) is 12.6. The zero-order chi connectivity index (χ0) is 15.1. The second kappa shape index (κ2) is 4.96. The lowest BCUT2D eigenvalue weighted by Crippen LogP contribution is -2.19. The molecule has 0 unspecified atom stereocenters. The van der Waals surface area contributed by atoms with Crippen LogP contribution in [-0.4, -0.2) is 16.7 Å². The summed E-state index contributed by atoms with van der Waals surface area (Å²) >= 11 is 1.51. The summed E-state index contributed by atoms with van der Waals surface area (Å²) in [4.78, 5) is 17.5. The topological polar surface area (TPSA) is 44.1 Å². The first-order valence-electron chi connectivity index (χ1n) is 6.81. The third-order valence-corrected chi connectivity index (χ3v) is 4.64. The van der Waals surface area contributed by atoms with Crippen LogP contribution in [0.5, 0.6) is 5.75 Å². The normalized spacial score (nSPS) is 11.1.